The van der Waals surface area contributed by atoms with Crippen LogP contribution in [0.2, 0.25) is 5.28 Å². The first kappa shape index (κ1) is 11.0. The van der Waals surface area contributed by atoms with Crippen molar-refractivity contribution in [2.75, 3.05) is 0 Å². The van der Waals surface area contributed by atoms with E-state index in [9.17, 15) is 0 Å². The Morgan fingerprint density at radius 2 is 1.94 bits per heavy atom. The van der Waals surface area contributed by atoms with Crippen molar-refractivity contribution in [2.24, 2.45) is 5.73 Å². The lowest BCUT2D eigenvalue weighted by Crippen LogP contribution is -1.96. The molecule has 0 aliphatic carbocycles. The van der Waals surface area contributed by atoms with E-state index in [0.29, 0.717) is 6.54 Å². The van der Waals surface area contributed by atoms with Crippen LogP contribution in [0.5, 0.6) is 0 Å². The topological polar surface area (TPSA) is 51.8 Å². The van der Waals surface area contributed by atoms with E-state index in [2.05, 4.69) is 9.97 Å². The maximum atomic E-state index is 5.78. The van der Waals surface area contributed by atoms with Crippen molar-refractivity contribution in [3.63, 3.8) is 0 Å². The van der Waals surface area contributed by atoms with Crippen LogP contribution in [-0.2, 0) is 6.54 Å². The van der Waals surface area contributed by atoms with Gasteiger partial charge in [-0.25, -0.2) is 9.97 Å². The molecule has 0 aliphatic rings. The molecule has 0 amide bonds. The molecule has 2 N–H and O–H groups in total. The van der Waals surface area contributed by atoms with Crippen LogP contribution < -0.4 is 5.73 Å². The summed E-state index contributed by atoms with van der Waals surface area (Å²) in [5, 5.41) is 0.267. The van der Waals surface area contributed by atoms with E-state index in [4.69, 9.17) is 17.3 Å². The van der Waals surface area contributed by atoms with Gasteiger partial charge in [0.05, 0.1) is 5.69 Å². The third-order valence-electron chi connectivity index (χ3n) is 2.41. The number of halogens is 1. The van der Waals surface area contributed by atoms with Crippen LogP contribution in [0.3, 0.4) is 0 Å². The van der Waals surface area contributed by atoms with Gasteiger partial charge in [-0.1, -0.05) is 24.3 Å². The van der Waals surface area contributed by atoms with E-state index in [1.54, 1.807) is 6.20 Å². The lowest BCUT2D eigenvalue weighted by molar-refractivity contribution is 1.07. The van der Waals surface area contributed by atoms with E-state index in [-0.39, 0.29) is 5.28 Å². The smallest absolute Gasteiger partial charge is 0.222 e. The van der Waals surface area contributed by atoms with Crippen molar-refractivity contribution in [3.8, 4) is 11.3 Å². The standard InChI is InChI=1S/C12H12ClN3/c1-8-7-15-12(13)16-11(8)10-4-2-9(6-14)3-5-10/h2-5,7H,6,14H2,1H3. The average Bonchev–Trinajstić information content (AvgIpc) is 2.32. The van der Waals surface area contributed by atoms with Crippen LogP contribution in [0, 0.1) is 6.92 Å². The number of benzene rings is 1. The summed E-state index contributed by atoms with van der Waals surface area (Å²) in [5.41, 5.74) is 9.54. The summed E-state index contributed by atoms with van der Waals surface area (Å²) >= 11 is 5.78. The van der Waals surface area contributed by atoms with Gasteiger partial charge < -0.3 is 5.73 Å². The third-order valence-corrected chi connectivity index (χ3v) is 2.59. The molecule has 1 heterocycles. The Bertz CT molecular complexity index is 494. The molecule has 0 fully saturated rings. The van der Waals surface area contributed by atoms with E-state index in [0.717, 1.165) is 22.4 Å². The van der Waals surface area contributed by atoms with Gasteiger partial charge in [-0.2, -0.15) is 0 Å². The van der Waals surface area contributed by atoms with Gasteiger partial charge in [0.1, 0.15) is 0 Å². The molecule has 82 valence electrons. The summed E-state index contributed by atoms with van der Waals surface area (Å²) in [6.07, 6.45) is 1.72. The molecule has 1 aromatic carbocycles. The number of hydrogen-bond donors (Lipinski definition) is 1. The fourth-order valence-electron chi connectivity index (χ4n) is 1.51. The number of aromatic nitrogens is 2. The minimum atomic E-state index is 0.267. The quantitative estimate of drug-likeness (QED) is 0.812. The molecule has 4 heteroatoms. The Labute approximate surface area is 99.3 Å². The molecule has 0 aliphatic heterocycles. The Morgan fingerprint density at radius 1 is 1.25 bits per heavy atom. The van der Waals surface area contributed by atoms with Gasteiger partial charge in [-0.05, 0) is 29.7 Å². The van der Waals surface area contributed by atoms with Crippen molar-refractivity contribution in [3.05, 3.63) is 46.9 Å². The molecule has 16 heavy (non-hydrogen) atoms. The van der Waals surface area contributed by atoms with Gasteiger partial charge in [0.15, 0.2) is 0 Å². The average molecular weight is 234 g/mol. The second-order valence-corrected chi connectivity index (χ2v) is 3.91. The van der Waals surface area contributed by atoms with Crippen molar-refractivity contribution in [1.82, 2.24) is 9.97 Å². The highest BCUT2D eigenvalue weighted by atomic mass is 35.5. The monoisotopic (exact) mass is 233 g/mol. The van der Waals surface area contributed by atoms with Crippen molar-refractivity contribution >= 4 is 11.6 Å². The van der Waals surface area contributed by atoms with Crippen LogP contribution in [0.4, 0.5) is 0 Å². The molecular weight excluding hydrogens is 222 g/mol. The molecule has 0 atom stereocenters. The summed E-state index contributed by atoms with van der Waals surface area (Å²) in [7, 11) is 0. The molecule has 0 radical (unpaired) electrons. The first-order valence-electron chi connectivity index (χ1n) is 4.99. The molecule has 0 unspecified atom stereocenters. The summed E-state index contributed by atoms with van der Waals surface area (Å²) in [5.74, 6) is 0. The molecule has 2 rings (SSSR count). The molecule has 0 bridgehead atoms. The van der Waals surface area contributed by atoms with Gasteiger partial charge >= 0.3 is 0 Å². The lowest BCUT2D eigenvalue weighted by Gasteiger charge is -2.05. The molecule has 3 nitrogen and oxygen atoms in total. The number of hydrogen-bond acceptors (Lipinski definition) is 3. The van der Waals surface area contributed by atoms with E-state index >= 15 is 0 Å². The fourth-order valence-corrected chi connectivity index (χ4v) is 1.64. The van der Waals surface area contributed by atoms with Crippen molar-refractivity contribution < 1.29 is 0 Å². The Morgan fingerprint density at radius 3 is 2.56 bits per heavy atom. The Kier molecular flexibility index (Phi) is 3.17. The van der Waals surface area contributed by atoms with Gasteiger partial charge in [0, 0.05) is 18.3 Å². The zero-order valence-electron chi connectivity index (χ0n) is 8.94. The van der Waals surface area contributed by atoms with Gasteiger partial charge in [-0.3, -0.25) is 0 Å². The van der Waals surface area contributed by atoms with Crippen LogP contribution in [0.25, 0.3) is 11.3 Å². The summed E-state index contributed by atoms with van der Waals surface area (Å²) in [6, 6.07) is 7.97. The minimum absolute atomic E-state index is 0.267. The minimum Gasteiger partial charge on any atom is -0.326 e. The first-order valence-corrected chi connectivity index (χ1v) is 5.37. The molecule has 1 aromatic heterocycles. The van der Waals surface area contributed by atoms with Crippen molar-refractivity contribution in [2.45, 2.75) is 13.5 Å². The first-order chi connectivity index (χ1) is 7.70. The third kappa shape index (κ3) is 2.21. The second kappa shape index (κ2) is 4.60. The zero-order valence-corrected chi connectivity index (χ0v) is 9.70. The van der Waals surface area contributed by atoms with Crippen LogP contribution in [0.15, 0.2) is 30.5 Å². The zero-order chi connectivity index (χ0) is 11.5. The summed E-state index contributed by atoms with van der Waals surface area (Å²) in [6.45, 7) is 2.51. The number of nitrogens with two attached hydrogens (primary N) is 1. The largest absolute Gasteiger partial charge is 0.326 e. The maximum Gasteiger partial charge on any atom is 0.222 e. The number of rotatable bonds is 2. The normalized spacial score (nSPS) is 10.4. The van der Waals surface area contributed by atoms with Crippen LogP contribution in [0.1, 0.15) is 11.1 Å². The number of nitrogens with zero attached hydrogens (tertiary/aromatic N) is 2. The maximum absolute atomic E-state index is 5.78. The van der Waals surface area contributed by atoms with Crippen LogP contribution in [-0.4, -0.2) is 9.97 Å². The van der Waals surface area contributed by atoms with E-state index in [1.807, 2.05) is 31.2 Å². The molecule has 0 saturated heterocycles. The SMILES string of the molecule is Cc1cnc(Cl)nc1-c1ccc(CN)cc1. The van der Waals surface area contributed by atoms with Crippen LogP contribution >= 0.6 is 11.6 Å². The van der Waals surface area contributed by atoms with Gasteiger partial charge in [0.25, 0.3) is 0 Å². The van der Waals surface area contributed by atoms with Crippen molar-refractivity contribution in [1.29, 1.82) is 0 Å². The lowest BCUT2D eigenvalue weighted by atomic mass is 10.1. The summed E-state index contributed by atoms with van der Waals surface area (Å²) in [4.78, 5) is 8.15. The van der Waals surface area contributed by atoms with E-state index in [1.165, 1.54) is 0 Å². The summed E-state index contributed by atoms with van der Waals surface area (Å²) < 4.78 is 0. The molecule has 0 saturated carbocycles. The second-order valence-electron chi connectivity index (χ2n) is 3.57. The van der Waals surface area contributed by atoms with Gasteiger partial charge in [0.2, 0.25) is 5.28 Å². The fraction of sp³-hybridized carbons (Fsp3) is 0.167. The van der Waals surface area contributed by atoms with Gasteiger partial charge in [-0.15, -0.1) is 0 Å². The number of aryl methyl sites for hydroxylation is 1. The highest BCUT2D eigenvalue weighted by Crippen LogP contribution is 2.22. The predicted molar refractivity (Wildman–Crippen MR) is 65.1 cm³/mol. The highest BCUT2D eigenvalue weighted by Gasteiger charge is 2.05. The van der Waals surface area contributed by atoms with E-state index < -0.39 is 0 Å². The Hall–Kier alpha value is -1.45. The molecular formula is C12H12ClN3. The highest BCUT2D eigenvalue weighted by molar-refractivity contribution is 6.28. The molecule has 2 aromatic rings. The predicted octanol–water partition coefficient (Wildman–Crippen LogP) is 2.56. The molecule has 0 spiro atoms. The Balaban J connectivity index is 2.45.